The van der Waals surface area contributed by atoms with Crippen LogP contribution < -0.4 is 15.4 Å². The summed E-state index contributed by atoms with van der Waals surface area (Å²) in [6, 6.07) is 6.59. The lowest BCUT2D eigenvalue weighted by molar-refractivity contribution is -0.158. The zero-order valence-electron chi connectivity index (χ0n) is 21.7. The zero-order chi connectivity index (χ0) is 28.1. The predicted molar refractivity (Wildman–Crippen MR) is 137 cm³/mol. The number of carbonyl (C=O) groups excluding carboxylic acids is 3. The standard InChI is InChI=1S/C28H28FN5O6/c29-19-13-32-34-21(25(37)31-15-27-3-6-28(7-4-27,8-5-27)26(38)39)11-20(33-23(19)34)24(36)30-12-16-1-2-22-17(9-16)10-18(35)14-40-22/h1-2,9,11,13H,3-8,10,12,14-15H2,(H,30,36)(H,31,37)(H,38,39). The van der Waals surface area contributed by atoms with Gasteiger partial charge in [-0.25, -0.2) is 13.9 Å². The molecule has 3 saturated carbocycles. The third-order valence-corrected chi connectivity index (χ3v) is 8.73. The van der Waals surface area contributed by atoms with E-state index in [2.05, 4.69) is 20.7 Å². The van der Waals surface area contributed by atoms with Gasteiger partial charge in [0, 0.05) is 31.1 Å². The van der Waals surface area contributed by atoms with Crippen LogP contribution >= 0.6 is 0 Å². The Kier molecular flexibility index (Phi) is 6.27. The molecule has 11 nitrogen and oxygen atoms in total. The number of amides is 2. The van der Waals surface area contributed by atoms with E-state index in [1.165, 1.54) is 6.07 Å². The number of aliphatic carboxylic acids is 1. The minimum atomic E-state index is -0.772. The van der Waals surface area contributed by atoms with Gasteiger partial charge in [-0.1, -0.05) is 6.07 Å². The maximum atomic E-state index is 14.5. The second kappa shape index (κ2) is 9.68. The maximum Gasteiger partial charge on any atom is 0.309 e. The Morgan fingerprint density at radius 3 is 2.52 bits per heavy atom. The Labute approximate surface area is 228 Å². The average Bonchev–Trinajstić information content (AvgIpc) is 3.35. The van der Waals surface area contributed by atoms with Crippen molar-refractivity contribution in [3.63, 3.8) is 0 Å². The molecule has 0 saturated heterocycles. The van der Waals surface area contributed by atoms with Crippen LogP contribution in [0.15, 0.2) is 30.5 Å². The SMILES string of the molecule is O=C1COc2ccc(CNC(=O)c3cc(C(=O)NCC45CCC(C(=O)O)(CC4)CC5)n4ncc(F)c4n3)cc2C1. The number of carbonyl (C=O) groups is 4. The Bertz CT molecular complexity index is 1540. The highest BCUT2D eigenvalue weighted by atomic mass is 19.1. The van der Waals surface area contributed by atoms with Gasteiger partial charge in [-0.3, -0.25) is 19.2 Å². The van der Waals surface area contributed by atoms with Crippen molar-refractivity contribution in [1.82, 2.24) is 25.2 Å². The van der Waals surface area contributed by atoms with Crippen molar-refractivity contribution in [2.24, 2.45) is 10.8 Å². The third-order valence-electron chi connectivity index (χ3n) is 8.73. The lowest BCUT2D eigenvalue weighted by Crippen LogP contribution is -2.50. The van der Waals surface area contributed by atoms with Gasteiger partial charge in [-0.2, -0.15) is 5.10 Å². The number of ketones is 1. The molecule has 1 aliphatic heterocycles. The Balaban J connectivity index is 1.17. The van der Waals surface area contributed by atoms with Crippen molar-refractivity contribution in [3.05, 3.63) is 58.8 Å². The van der Waals surface area contributed by atoms with Crippen molar-refractivity contribution in [1.29, 1.82) is 0 Å². The van der Waals surface area contributed by atoms with E-state index < -0.39 is 29.0 Å². The van der Waals surface area contributed by atoms with Crippen LogP contribution in [-0.2, 0) is 22.6 Å². The van der Waals surface area contributed by atoms with Crippen LogP contribution in [0.4, 0.5) is 4.39 Å². The molecule has 0 unspecified atom stereocenters. The molecule has 1 aromatic carbocycles. The molecule has 3 N–H and O–H groups in total. The van der Waals surface area contributed by atoms with E-state index in [0.29, 0.717) is 50.8 Å². The summed E-state index contributed by atoms with van der Waals surface area (Å²) in [7, 11) is 0. The van der Waals surface area contributed by atoms with Crippen LogP contribution in [0.2, 0.25) is 0 Å². The fraction of sp³-hybridized carbons (Fsp3) is 0.429. The van der Waals surface area contributed by atoms with Gasteiger partial charge < -0.3 is 20.5 Å². The first-order valence-corrected chi connectivity index (χ1v) is 13.3. The van der Waals surface area contributed by atoms with Gasteiger partial charge in [0.05, 0.1) is 11.6 Å². The molecule has 2 amide bonds. The molecule has 3 aliphatic carbocycles. The van der Waals surface area contributed by atoms with E-state index in [-0.39, 0.29) is 47.8 Å². The number of hydrogen-bond acceptors (Lipinski definition) is 7. The number of nitrogens with zero attached hydrogens (tertiary/aromatic N) is 3. The molecule has 3 fully saturated rings. The fourth-order valence-electron chi connectivity index (χ4n) is 6.14. The van der Waals surface area contributed by atoms with Crippen LogP contribution in [0.1, 0.15) is 70.6 Å². The van der Waals surface area contributed by atoms with Crippen LogP contribution in [0.5, 0.6) is 5.75 Å². The van der Waals surface area contributed by atoms with E-state index in [1.807, 2.05) is 0 Å². The normalized spacial score (nSPS) is 23.4. The van der Waals surface area contributed by atoms with Gasteiger partial charge >= 0.3 is 5.97 Å². The monoisotopic (exact) mass is 549 g/mol. The molecule has 4 aliphatic rings. The Morgan fingerprint density at radius 2 is 1.80 bits per heavy atom. The second-order valence-electron chi connectivity index (χ2n) is 11.2. The smallest absolute Gasteiger partial charge is 0.309 e. The summed E-state index contributed by atoms with van der Waals surface area (Å²) in [6.07, 6.45) is 5.06. The highest BCUT2D eigenvalue weighted by molar-refractivity contribution is 5.98. The molecule has 0 atom stereocenters. The second-order valence-corrected chi connectivity index (χ2v) is 11.2. The van der Waals surface area contributed by atoms with Crippen molar-refractivity contribution in [2.75, 3.05) is 13.2 Å². The number of benzene rings is 1. The molecular weight excluding hydrogens is 521 g/mol. The summed E-state index contributed by atoms with van der Waals surface area (Å²) in [4.78, 5) is 53.8. The lowest BCUT2D eigenvalue weighted by Gasteiger charge is -2.51. The summed E-state index contributed by atoms with van der Waals surface area (Å²) in [5.74, 6) is -2.04. The number of nitrogens with one attached hydrogen (secondary N) is 2. The summed E-state index contributed by atoms with van der Waals surface area (Å²) in [5, 5.41) is 19.2. The van der Waals surface area contributed by atoms with E-state index in [4.69, 9.17) is 4.74 Å². The van der Waals surface area contributed by atoms with Gasteiger partial charge in [0.15, 0.2) is 17.2 Å². The molecule has 2 bridgehead atoms. The van der Waals surface area contributed by atoms with Crippen molar-refractivity contribution in [3.8, 4) is 5.75 Å². The van der Waals surface area contributed by atoms with Crippen LogP contribution in [-0.4, -0.2) is 56.4 Å². The first kappa shape index (κ1) is 25.9. The number of halogens is 1. The fourth-order valence-corrected chi connectivity index (χ4v) is 6.14. The summed E-state index contributed by atoms with van der Waals surface area (Å²) in [6.45, 7) is 0.517. The number of aromatic nitrogens is 3. The number of ether oxygens (including phenoxy) is 1. The van der Waals surface area contributed by atoms with Gasteiger partial charge in [0.1, 0.15) is 23.7 Å². The molecule has 12 heteroatoms. The van der Waals surface area contributed by atoms with E-state index >= 15 is 0 Å². The van der Waals surface area contributed by atoms with Crippen molar-refractivity contribution in [2.45, 2.75) is 51.5 Å². The molecule has 7 rings (SSSR count). The molecule has 2 aromatic heterocycles. The van der Waals surface area contributed by atoms with E-state index in [0.717, 1.165) is 21.8 Å². The summed E-state index contributed by atoms with van der Waals surface area (Å²) in [5.41, 5.74) is 0.223. The first-order valence-electron chi connectivity index (χ1n) is 13.3. The largest absolute Gasteiger partial charge is 0.486 e. The molecular formula is C28H28FN5O6. The van der Waals surface area contributed by atoms with Gasteiger partial charge in [-0.15, -0.1) is 0 Å². The maximum absolute atomic E-state index is 14.5. The minimum absolute atomic E-state index is 0.0280. The van der Waals surface area contributed by atoms with E-state index in [1.54, 1.807) is 18.2 Å². The molecule has 3 aromatic rings. The van der Waals surface area contributed by atoms with Crippen molar-refractivity contribution >= 4 is 29.2 Å². The lowest BCUT2D eigenvalue weighted by atomic mass is 9.53. The number of rotatable bonds is 7. The topological polar surface area (TPSA) is 152 Å². The van der Waals surface area contributed by atoms with Crippen LogP contribution in [0.25, 0.3) is 5.65 Å². The van der Waals surface area contributed by atoms with Gasteiger partial charge in [0.25, 0.3) is 11.8 Å². The molecule has 0 spiro atoms. The number of fused-ring (bicyclic) bond motifs is 5. The number of hydrogen-bond donors (Lipinski definition) is 3. The quantitative estimate of drug-likeness (QED) is 0.407. The molecule has 208 valence electrons. The van der Waals surface area contributed by atoms with Gasteiger partial charge in [0.2, 0.25) is 0 Å². The van der Waals surface area contributed by atoms with Crippen molar-refractivity contribution < 1.29 is 33.4 Å². The number of carboxylic acid groups (broad SMARTS) is 1. The van der Waals surface area contributed by atoms with Crippen LogP contribution in [0, 0.1) is 16.6 Å². The first-order chi connectivity index (χ1) is 19.2. The van der Waals surface area contributed by atoms with E-state index in [9.17, 15) is 28.7 Å². The Hall–Kier alpha value is -4.35. The molecule has 0 radical (unpaired) electrons. The minimum Gasteiger partial charge on any atom is -0.486 e. The Morgan fingerprint density at radius 1 is 1.05 bits per heavy atom. The molecule has 40 heavy (non-hydrogen) atoms. The molecule has 3 heterocycles. The van der Waals surface area contributed by atoms with Gasteiger partial charge in [-0.05, 0) is 61.6 Å². The number of Topliss-reactive ketones (excluding diaryl/α,β-unsaturated/α-hetero) is 1. The van der Waals surface area contributed by atoms with Crippen LogP contribution in [0.3, 0.4) is 0 Å². The zero-order valence-corrected chi connectivity index (χ0v) is 21.7. The predicted octanol–water partition coefficient (Wildman–Crippen LogP) is 2.46. The summed E-state index contributed by atoms with van der Waals surface area (Å²) < 4.78 is 20.9. The average molecular weight is 550 g/mol. The summed E-state index contributed by atoms with van der Waals surface area (Å²) >= 11 is 0. The highest BCUT2D eigenvalue weighted by Crippen LogP contribution is 2.56. The number of carboxylic acids is 1. The third kappa shape index (κ3) is 4.56. The highest BCUT2D eigenvalue weighted by Gasteiger charge is 2.52.